The molecule has 16 heavy (non-hydrogen) atoms. The summed E-state index contributed by atoms with van der Waals surface area (Å²) in [4.78, 5) is 2.46. The normalized spacial score (nSPS) is 19.7. The van der Waals surface area contributed by atoms with Crippen molar-refractivity contribution < 1.29 is 0 Å². The minimum absolute atomic E-state index is 0.391. The smallest absolute Gasteiger partial charge is 0.0464 e. The van der Waals surface area contributed by atoms with Gasteiger partial charge in [0, 0.05) is 41.7 Å². The zero-order valence-electron chi connectivity index (χ0n) is 9.34. The van der Waals surface area contributed by atoms with Gasteiger partial charge in [0.1, 0.15) is 0 Å². The standard InChI is InChI=1S/C12H16BrClN2/c1-9(16-6-4-15-5-7-16)11-3-2-10(13)8-12(11)14/h2-3,8-9,15H,4-7H2,1H3. The van der Waals surface area contributed by atoms with Crippen LogP contribution in [0.4, 0.5) is 0 Å². The summed E-state index contributed by atoms with van der Waals surface area (Å²) in [5.74, 6) is 0. The summed E-state index contributed by atoms with van der Waals surface area (Å²) in [5.41, 5.74) is 1.21. The lowest BCUT2D eigenvalue weighted by molar-refractivity contribution is 0.185. The van der Waals surface area contributed by atoms with Gasteiger partial charge in [-0.2, -0.15) is 0 Å². The number of piperazine rings is 1. The number of nitrogens with zero attached hydrogens (tertiary/aromatic N) is 1. The van der Waals surface area contributed by atoms with Gasteiger partial charge in [0.25, 0.3) is 0 Å². The van der Waals surface area contributed by atoms with Crippen molar-refractivity contribution in [3.8, 4) is 0 Å². The van der Waals surface area contributed by atoms with E-state index in [1.54, 1.807) is 0 Å². The van der Waals surface area contributed by atoms with Crippen LogP contribution in [0.1, 0.15) is 18.5 Å². The molecule has 0 aromatic heterocycles. The van der Waals surface area contributed by atoms with Crippen LogP contribution in [0, 0.1) is 0 Å². The molecule has 1 aromatic carbocycles. The Morgan fingerprint density at radius 2 is 2.06 bits per heavy atom. The second kappa shape index (κ2) is 5.50. The van der Waals surface area contributed by atoms with Crippen molar-refractivity contribution in [2.24, 2.45) is 0 Å². The Morgan fingerprint density at radius 3 is 2.69 bits per heavy atom. The first kappa shape index (κ1) is 12.4. The van der Waals surface area contributed by atoms with Crippen LogP contribution in [0.3, 0.4) is 0 Å². The van der Waals surface area contributed by atoms with Gasteiger partial charge in [-0.3, -0.25) is 4.90 Å². The third-order valence-electron chi connectivity index (χ3n) is 3.11. The van der Waals surface area contributed by atoms with Crippen LogP contribution >= 0.6 is 27.5 Å². The number of rotatable bonds is 2. The van der Waals surface area contributed by atoms with Crippen molar-refractivity contribution in [3.05, 3.63) is 33.3 Å². The zero-order valence-corrected chi connectivity index (χ0v) is 11.7. The van der Waals surface area contributed by atoms with E-state index in [-0.39, 0.29) is 0 Å². The Labute approximate surface area is 110 Å². The van der Waals surface area contributed by atoms with Crippen LogP contribution < -0.4 is 5.32 Å². The van der Waals surface area contributed by atoms with Gasteiger partial charge in [0.05, 0.1) is 0 Å². The van der Waals surface area contributed by atoms with E-state index in [2.05, 4.69) is 45.2 Å². The third kappa shape index (κ3) is 2.77. The van der Waals surface area contributed by atoms with Gasteiger partial charge in [0.15, 0.2) is 0 Å². The maximum absolute atomic E-state index is 6.27. The van der Waals surface area contributed by atoms with Gasteiger partial charge in [-0.05, 0) is 24.6 Å². The summed E-state index contributed by atoms with van der Waals surface area (Å²) in [6, 6.07) is 6.52. The fraction of sp³-hybridized carbons (Fsp3) is 0.500. The van der Waals surface area contributed by atoms with Gasteiger partial charge < -0.3 is 5.32 Å². The van der Waals surface area contributed by atoms with Crippen molar-refractivity contribution in [2.45, 2.75) is 13.0 Å². The quantitative estimate of drug-likeness (QED) is 0.903. The average molecular weight is 304 g/mol. The lowest BCUT2D eigenvalue weighted by Crippen LogP contribution is -2.44. The highest BCUT2D eigenvalue weighted by molar-refractivity contribution is 9.10. The molecule has 1 N–H and O–H groups in total. The highest BCUT2D eigenvalue weighted by Gasteiger charge is 2.19. The molecule has 1 heterocycles. The molecule has 1 atom stereocenters. The molecule has 0 radical (unpaired) electrons. The van der Waals surface area contributed by atoms with Gasteiger partial charge in [-0.25, -0.2) is 0 Å². The monoisotopic (exact) mass is 302 g/mol. The first-order valence-electron chi connectivity index (χ1n) is 5.58. The first-order valence-corrected chi connectivity index (χ1v) is 6.75. The second-order valence-corrected chi connectivity index (χ2v) is 5.45. The molecule has 2 nitrogen and oxygen atoms in total. The minimum Gasteiger partial charge on any atom is -0.314 e. The van der Waals surface area contributed by atoms with Crippen molar-refractivity contribution in [3.63, 3.8) is 0 Å². The molecule has 2 rings (SSSR count). The molecule has 1 saturated heterocycles. The van der Waals surface area contributed by atoms with E-state index < -0.39 is 0 Å². The molecule has 1 fully saturated rings. The zero-order chi connectivity index (χ0) is 11.5. The lowest BCUT2D eigenvalue weighted by Gasteiger charge is -2.33. The molecule has 1 aliphatic heterocycles. The van der Waals surface area contributed by atoms with Gasteiger partial charge in [-0.1, -0.05) is 33.6 Å². The molecule has 0 bridgehead atoms. The van der Waals surface area contributed by atoms with Crippen LogP contribution in [0.5, 0.6) is 0 Å². The molecule has 1 unspecified atom stereocenters. The van der Waals surface area contributed by atoms with Gasteiger partial charge in [0.2, 0.25) is 0 Å². The van der Waals surface area contributed by atoms with Crippen molar-refractivity contribution in [1.29, 1.82) is 0 Å². The number of halogens is 2. The Bertz CT molecular complexity index is 364. The van der Waals surface area contributed by atoms with Crippen LogP contribution in [0.15, 0.2) is 22.7 Å². The van der Waals surface area contributed by atoms with E-state index in [0.29, 0.717) is 6.04 Å². The lowest BCUT2D eigenvalue weighted by atomic mass is 10.1. The molecule has 1 aliphatic rings. The van der Waals surface area contributed by atoms with Crippen molar-refractivity contribution in [1.82, 2.24) is 10.2 Å². The van der Waals surface area contributed by atoms with Crippen LogP contribution in [0.25, 0.3) is 0 Å². The third-order valence-corrected chi connectivity index (χ3v) is 3.93. The van der Waals surface area contributed by atoms with E-state index in [4.69, 9.17) is 11.6 Å². The predicted molar refractivity (Wildman–Crippen MR) is 72.0 cm³/mol. The van der Waals surface area contributed by atoms with Crippen molar-refractivity contribution in [2.75, 3.05) is 26.2 Å². The van der Waals surface area contributed by atoms with E-state index >= 15 is 0 Å². The largest absolute Gasteiger partial charge is 0.314 e. The molecule has 4 heteroatoms. The van der Waals surface area contributed by atoms with Crippen LogP contribution in [-0.4, -0.2) is 31.1 Å². The fourth-order valence-corrected chi connectivity index (χ4v) is 2.94. The molecule has 0 aliphatic carbocycles. The summed E-state index contributed by atoms with van der Waals surface area (Å²) in [5, 5.41) is 4.21. The summed E-state index contributed by atoms with van der Waals surface area (Å²) < 4.78 is 1.04. The predicted octanol–water partition coefficient (Wildman–Crippen LogP) is 3.07. The summed E-state index contributed by atoms with van der Waals surface area (Å²) in [6.07, 6.45) is 0. The van der Waals surface area contributed by atoms with E-state index in [1.807, 2.05) is 6.07 Å². The molecule has 88 valence electrons. The Balaban J connectivity index is 2.15. The fourth-order valence-electron chi connectivity index (χ4n) is 2.11. The molecular formula is C12H16BrClN2. The number of hydrogen-bond acceptors (Lipinski definition) is 2. The Morgan fingerprint density at radius 1 is 1.38 bits per heavy atom. The number of nitrogens with one attached hydrogen (secondary N) is 1. The minimum atomic E-state index is 0.391. The van der Waals surface area contributed by atoms with Crippen LogP contribution in [0.2, 0.25) is 5.02 Å². The highest BCUT2D eigenvalue weighted by atomic mass is 79.9. The second-order valence-electron chi connectivity index (χ2n) is 4.13. The van der Waals surface area contributed by atoms with Gasteiger partial charge >= 0.3 is 0 Å². The van der Waals surface area contributed by atoms with Crippen LogP contribution in [-0.2, 0) is 0 Å². The Hall–Kier alpha value is -0.0900. The topological polar surface area (TPSA) is 15.3 Å². The number of benzene rings is 1. The van der Waals surface area contributed by atoms with Crippen molar-refractivity contribution >= 4 is 27.5 Å². The van der Waals surface area contributed by atoms with Gasteiger partial charge in [-0.15, -0.1) is 0 Å². The highest BCUT2D eigenvalue weighted by Crippen LogP contribution is 2.29. The summed E-state index contributed by atoms with van der Waals surface area (Å²) in [7, 11) is 0. The molecule has 0 saturated carbocycles. The maximum atomic E-state index is 6.27. The summed E-state index contributed by atoms with van der Waals surface area (Å²) >= 11 is 9.70. The van der Waals surface area contributed by atoms with E-state index in [0.717, 1.165) is 35.7 Å². The summed E-state index contributed by atoms with van der Waals surface area (Å²) in [6.45, 7) is 6.54. The first-order chi connectivity index (χ1) is 7.68. The maximum Gasteiger partial charge on any atom is 0.0464 e. The van der Waals surface area contributed by atoms with E-state index in [1.165, 1.54) is 5.56 Å². The number of hydrogen-bond donors (Lipinski definition) is 1. The SMILES string of the molecule is CC(c1ccc(Br)cc1Cl)N1CCNCC1. The van der Waals surface area contributed by atoms with E-state index in [9.17, 15) is 0 Å². The molecule has 1 aromatic rings. The molecule has 0 amide bonds. The average Bonchev–Trinajstić information content (AvgIpc) is 2.29. The molecule has 0 spiro atoms. The molecular weight excluding hydrogens is 288 g/mol. The Kier molecular flexibility index (Phi) is 4.25.